The SMILES string of the molecule is NCCCCC(=O)O.O=C(O)C(F)(F)F. The first-order chi connectivity index (χ1) is 6.71. The Balaban J connectivity index is 0. The van der Waals surface area contributed by atoms with Crippen LogP contribution in [0.4, 0.5) is 13.2 Å². The molecule has 0 amide bonds. The molecule has 0 aromatic heterocycles. The van der Waals surface area contributed by atoms with E-state index in [-0.39, 0.29) is 6.42 Å². The lowest BCUT2D eigenvalue weighted by Crippen LogP contribution is -2.21. The van der Waals surface area contributed by atoms with Crippen molar-refractivity contribution in [3.63, 3.8) is 0 Å². The normalized spacial score (nSPS) is 10.1. The number of carboxylic acids is 2. The second-order valence-corrected chi connectivity index (χ2v) is 2.44. The summed E-state index contributed by atoms with van der Waals surface area (Å²) in [4.78, 5) is 18.7. The van der Waals surface area contributed by atoms with Gasteiger partial charge in [0.15, 0.2) is 0 Å². The van der Waals surface area contributed by atoms with E-state index in [1.54, 1.807) is 0 Å². The summed E-state index contributed by atoms with van der Waals surface area (Å²) in [5.41, 5.74) is 5.12. The minimum absolute atomic E-state index is 0.247. The maximum atomic E-state index is 10.6. The van der Waals surface area contributed by atoms with Crippen LogP contribution in [0.5, 0.6) is 0 Å². The number of halogens is 3. The summed E-state index contributed by atoms with van der Waals surface area (Å²) < 4.78 is 31.7. The molecule has 0 spiro atoms. The fraction of sp³-hybridized carbons (Fsp3) is 0.714. The van der Waals surface area contributed by atoms with Crippen molar-refractivity contribution in [1.29, 1.82) is 0 Å². The van der Waals surface area contributed by atoms with Crippen LogP contribution in [0.15, 0.2) is 0 Å². The third-order valence-corrected chi connectivity index (χ3v) is 1.09. The number of carbonyl (C=O) groups is 2. The number of carboxylic acid groups (broad SMARTS) is 2. The quantitative estimate of drug-likeness (QED) is 0.622. The van der Waals surface area contributed by atoms with Crippen LogP contribution < -0.4 is 5.73 Å². The van der Waals surface area contributed by atoms with Gasteiger partial charge >= 0.3 is 18.1 Å². The molecule has 4 N–H and O–H groups in total. The Morgan fingerprint density at radius 1 is 1.13 bits per heavy atom. The lowest BCUT2D eigenvalue weighted by Gasteiger charge is -1.93. The van der Waals surface area contributed by atoms with E-state index in [1.165, 1.54) is 0 Å². The Morgan fingerprint density at radius 3 is 1.73 bits per heavy atom. The zero-order valence-corrected chi connectivity index (χ0v) is 7.75. The Morgan fingerprint density at radius 2 is 1.53 bits per heavy atom. The molecule has 0 rings (SSSR count). The van der Waals surface area contributed by atoms with Crippen molar-refractivity contribution in [2.45, 2.75) is 25.4 Å². The van der Waals surface area contributed by atoms with Crippen molar-refractivity contribution in [3.8, 4) is 0 Å². The van der Waals surface area contributed by atoms with Crippen LogP contribution in [0.1, 0.15) is 19.3 Å². The van der Waals surface area contributed by atoms with E-state index in [0.717, 1.165) is 6.42 Å². The molecule has 0 aromatic carbocycles. The van der Waals surface area contributed by atoms with E-state index in [0.29, 0.717) is 13.0 Å². The van der Waals surface area contributed by atoms with Gasteiger partial charge in [-0.2, -0.15) is 13.2 Å². The third-order valence-electron chi connectivity index (χ3n) is 1.09. The lowest BCUT2D eigenvalue weighted by molar-refractivity contribution is -0.192. The summed E-state index contributed by atoms with van der Waals surface area (Å²) in [5, 5.41) is 15.2. The molecule has 0 aliphatic heterocycles. The minimum Gasteiger partial charge on any atom is -0.481 e. The average molecular weight is 231 g/mol. The second-order valence-electron chi connectivity index (χ2n) is 2.44. The summed E-state index contributed by atoms with van der Waals surface area (Å²) >= 11 is 0. The predicted octanol–water partition coefficient (Wildman–Crippen LogP) is 0.833. The lowest BCUT2D eigenvalue weighted by atomic mass is 10.2. The zero-order chi connectivity index (χ0) is 12.5. The highest BCUT2D eigenvalue weighted by atomic mass is 19.4. The van der Waals surface area contributed by atoms with Crippen molar-refractivity contribution < 1.29 is 33.0 Å². The van der Waals surface area contributed by atoms with Gasteiger partial charge in [-0.25, -0.2) is 4.79 Å². The Bertz CT molecular complexity index is 205. The largest absolute Gasteiger partial charge is 0.490 e. The third kappa shape index (κ3) is 15.4. The minimum atomic E-state index is -5.08. The summed E-state index contributed by atoms with van der Waals surface area (Å²) in [6.45, 7) is 0.591. The molecule has 0 saturated carbocycles. The van der Waals surface area contributed by atoms with E-state index >= 15 is 0 Å². The van der Waals surface area contributed by atoms with E-state index in [1.807, 2.05) is 0 Å². The van der Waals surface area contributed by atoms with Crippen molar-refractivity contribution in [2.24, 2.45) is 5.73 Å². The first-order valence-corrected chi connectivity index (χ1v) is 3.93. The number of hydrogen-bond donors (Lipinski definition) is 3. The van der Waals surface area contributed by atoms with Gasteiger partial charge in [0.25, 0.3) is 0 Å². The van der Waals surface area contributed by atoms with Gasteiger partial charge in [-0.1, -0.05) is 0 Å². The number of hydrogen-bond acceptors (Lipinski definition) is 3. The molecule has 15 heavy (non-hydrogen) atoms. The summed E-state index contributed by atoms with van der Waals surface area (Å²) in [6.07, 6.45) is -3.32. The molecule has 0 heterocycles. The van der Waals surface area contributed by atoms with Crippen LogP contribution in [0, 0.1) is 0 Å². The molecule has 0 unspecified atom stereocenters. The van der Waals surface area contributed by atoms with Crippen molar-refractivity contribution >= 4 is 11.9 Å². The van der Waals surface area contributed by atoms with Gasteiger partial charge in [0.05, 0.1) is 0 Å². The van der Waals surface area contributed by atoms with Crippen LogP contribution >= 0.6 is 0 Å². The standard InChI is InChI=1S/C5H11NO2.C2HF3O2/c6-4-2-1-3-5(7)8;3-2(4,5)1(6)7/h1-4,6H2,(H,7,8);(H,6,7). The van der Waals surface area contributed by atoms with E-state index in [4.69, 9.17) is 20.7 Å². The van der Waals surface area contributed by atoms with E-state index < -0.39 is 18.1 Å². The van der Waals surface area contributed by atoms with E-state index in [2.05, 4.69) is 0 Å². The Hall–Kier alpha value is -1.31. The predicted molar refractivity (Wildman–Crippen MR) is 44.2 cm³/mol. The molecule has 0 bridgehead atoms. The van der Waals surface area contributed by atoms with Crippen molar-refractivity contribution in [2.75, 3.05) is 6.54 Å². The molecule has 90 valence electrons. The molecule has 0 aliphatic carbocycles. The Kier molecular flexibility index (Phi) is 8.64. The van der Waals surface area contributed by atoms with Gasteiger partial charge in [-0.15, -0.1) is 0 Å². The summed E-state index contributed by atoms with van der Waals surface area (Å²) in [5.74, 6) is -3.49. The molecular weight excluding hydrogens is 219 g/mol. The first-order valence-electron chi connectivity index (χ1n) is 3.93. The Labute approximate surface area is 83.7 Å². The molecule has 0 atom stereocenters. The van der Waals surface area contributed by atoms with Gasteiger partial charge in [0.2, 0.25) is 0 Å². The van der Waals surface area contributed by atoms with Gasteiger partial charge in [-0.3, -0.25) is 4.79 Å². The number of rotatable bonds is 4. The van der Waals surface area contributed by atoms with Gasteiger partial charge in [0.1, 0.15) is 0 Å². The highest BCUT2D eigenvalue weighted by molar-refractivity contribution is 5.73. The van der Waals surface area contributed by atoms with E-state index in [9.17, 15) is 18.0 Å². The average Bonchev–Trinajstić information content (AvgIpc) is 2.03. The fourth-order valence-electron chi connectivity index (χ4n) is 0.421. The molecule has 5 nitrogen and oxygen atoms in total. The molecule has 0 aliphatic rings. The molecule has 0 aromatic rings. The molecule has 0 radical (unpaired) electrons. The van der Waals surface area contributed by atoms with Gasteiger partial charge in [-0.05, 0) is 19.4 Å². The highest BCUT2D eigenvalue weighted by Gasteiger charge is 2.38. The maximum absolute atomic E-state index is 10.6. The van der Waals surface area contributed by atoms with Crippen LogP contribution in [0.3, 0.4) is 0 Å². The monoisotopic (exact) mass is 231 g/mol. The smallest absolute Gasteiger partial charge is 0.481 e. The molecule has 0 saturated heterocycles. The van der Waals surface area contributed by atoms with Crippen molar-refractivity contribution in [3.05, 3.63) is 0 Å². The summed E-state index contributed by atoms with van der Waals surface area (Å²) in [7, 11) is 0. The first kappa shape index (κ1) is 16.1. The topological polar surface area (TPSA) is 101 Å². The molecule has 0 fully saturated rings. The zero-order valence-electron chi connectivity index (χ0n) is 7.75. The van der Waals surface area contributed by atoms with Crippen LogP contribution in [0.2, 0.25) is 0 Å². The second kappa shape index (κ2) is 8.04. The number of alkyl halides is 3. The van der Waals surface area contributed by atoms with Crippen LogP contribution in [-0.4, -0.2) is 34.9 Å². The number of unbranched alkanes of at least 4 members (excludes halogenated alkanes) is 1. The number of nitrogens with two attached hydrogens (primary N) is 1. The van der Waals surface area contributed by atoms with Gasteiger partial charge in [0, 0.05) is 6.42 Å². The van der Waals surface area contributed by atoms with Crippen molar-refractivity contribution in [1.82, 2.24) is 0 Å². The maximum Gasteiger partial charge on any atom is 0.490 e. The molecule has 8 heteroatoms. The van der Waals surface area contributed by atoms with Crippen LogP contribution in [-0.2, 0) is 9.59 Å². The van der Waals surface area contributed by atoms with Crippen LogP contribution in [0.25, 0.3) is 0 Å². The highest BCUT2D eigenvalue weighted by Crippen LogP contribution is 2.13. The fourth-order valence-corrected chi connectivity index (χ4v) is 0.421. The van der Waals surface area contributed by atoms with Gasteiger partial charge < -0.3 is 15.9 Å². The molecular formula is C7H12F3NO4. The summed E-state index contributed by atoms with van der Waals surface area (Å²) in [6, 6.07) is 0. The number of aliphatic carboxylic acids is 2.